The number of carbonyl (C=O) groups excluding carboxylic acids is 3. The normalized spacial score (nSPS) is 13.9. The molecule has 0 bridgehead atoms. The van der Waals surface area contributed by atoms with E-state index in [9.17, 15) is 14.4 Å². The lowest BCUT2D eigenvalue weighted by molar-refractivity contribution is -0.119. The minimum atomic E-state index is -1.03. The second-order valence-corrected chi connectivity index (χ2v) is 8.17. The number of amides is 3. The smallest absolute Gasteiger partial charge is 0.262 e. The highest BCUT2D eigenvalue weighted by Crippen LogP contribution is 2.29. The van der Waals surface area contributed by atoms with Crippen molar-refractivity contribution in [3.8, 4) is 0 Å². The molecule has 0 fully saturated rings. The molecule has 0 aliphatic carbocycles. The van der Waals surface area contributed by atoms with Crippen molar-refractivity contribution >= 4 is 50.9 Å². The second-order valence-electron chi connectivity index (χ2n) is 6.84. The monoisotopic (exact) mass is 482 g/mol. The van der Waals surface area contributed by atoms with Crippen molar-refractivity contribution in [2.75, 3.05) is 5.32 Å². The molecule has 3 aromatic rings. The Kier molecular flexibility index (Phi) is 5.70. The molecule has 0 saturated carbocycles. The van der Waals surface area contributed by atoms with E-state index in [1.54, 1.807) is 42.5 Å². The highest BCUT2D eigenvalue weighted by molar-refractivity contribution is 9.10. The predicted molar refractivity (Wildman–Crippen MR) is 119 cm³/mol. The van der Waals surface area contributed by atoms with Crippen LogP contribution in [0, 0.1) is 0 Å². The average molecular weight is 484 g/mol. The maximum Gasteiger partial charge on any atom is 0.262 e. The molecule has 30 heavy (non-hydrogen) atoms. The molecule has 4 rings (SSSR count). The Bertz CT molecular complexity index is 1120. The Balaban J connectivity index is 1.69. The molecule has 1 atom stereocenters. The molecule has 1 unspecified atom stereocenters. The summed E-state index contributed by atoms with van der Waals surface area (Å²) in [4.78, 5) is 40.3. The van der Waals surface area contributed by atoms with Crippen molar-refractivity contribution in [1.82, 2.24) is 4.90 Å². The first-order valence-corrected chi connectivity index (χ1v) is 10.4. The van der Waals surface area contributed by atoms with E-state index >= 15 is 0 Å². The molecule has 150 valence electrons. The lowest BCUT2D eigenvalue weighted by Crippen LogP contribution is -2.48. The van der Waals surface area contributed by atoms with Gasteiger partial charge in [0, 0.05) is 10.9 Å². The van der Waals surface area contributed by atoms with Crippen molar-refractivity contribution in [2.24, 2.45) is 0 Å². The molecule has 0 spiro atoms. The molecule has 5 nitrogen and oxygen atoms in total. The summed E-state index contributed by atoms with van der Waals surface area (Å²) in [6.07, 6.45) is 0.187. The molecule has 3 amide bonds. The first-order chi connectivity index (χ1) is 14.5. The molecule has 0 radical (unpaired) electrons. The van der Waals surface area contributed by atoms with Gasteiger partial charge >= 0.3 is 0 Å². The van der Waals surface area contributed by atoms with Crippen LogP contribution in [0.2, 0.25) is 5.02 Å². The minimum absolute atomic E-state index is 0.187. The van der Waals surface area contributed by atoms with Gasteiger partial charge in [0.15, 0.2) is 0 Å². The maximum atomic E-state index is 13.3. The number of rotatable bonds is 5. The lowest BCUT2D eigenvalue weighted by Gasteiger charge is -2.25. The molecule has 7 heteroatoms. The SMILES string of the molecule is O=C(Nc1ccc(Br)cc1Cl)C(Cc1ccccc1)N1C(=O)c2ccccc2C1=O. The molecule has 1 heterocycles. The van der Waals surface area contributed by atoms with E-state index in [1.165, 1.54) is 0 Å². The van der Waals surface area contributed by atoms with E-state index in [-0.39, 0.29) is 6.42 Å². The van der Waals surface area contributed by atoms with E-state index in [0.717, 1.165) is 14.9 Å². The van der Waals surface area contributed by atoms with Gasteiger partial charge in [-0.1, -0.05) is 70.0 Å². The van der Waals surface area contributed by atoms with Crippen LogP contribution in [0.3, 0.4) is 0 Å². The van der Waals surface area contributed by atoms with Crippen LogP contribution in [-0.4, -0.2) is 28.7 Å². The Morgan fingerprint density at radius 3 is 2.13 bits per heavy atom. The summed E-state index contributed by atoms with van der Waals surface area (Å²) < 4.78 is 0.770. The van der Waals surface area contributed by atoms with Crippen LogP contribution in [0.5, 0.6) is 0 Å². The number of halogens is 2. The highest BCUT2D eigenvalue weighted by Gasteiger charge is 2.42. The zero-order valence-electron chi connectivity index (χ0n) is 15.6. The van der Waals surface area contributed by atoms with E-state index in [2.05, 4.69) is 21.2 Å². The molecule has 1 aliphatic heterocycles. The molecule has 1 N–H and O–H groups in total. The zero-order valence-corrected chi connectivity index (χ0v) is 18.0. The molecule has 3 aromatic carbocycles. The summed E-state index contributed by atoms with van der Waals surface area (Å²) in [6.45, 7) is 0. The fourth-order valence-electron chi connectivity index (χ4n) is 3.44. The van der Waals surface area contributed by atoms with Crippen LogP contribution < -0.4 is 5.32 Å². The van der Waals surface area contributed by atoms with Gasteiger partial charge in [-0.25, -0.2) is 0 Å². The van der Waals surface area contributed by atoms with Crippen molar-refractivity contribution in [2.45, 2.75) is 12.5 Å². The lowest BCUT2D eigenvalue weighted by atomic mass is 10.0. The predicted octanol–water partition coefficient (Wildman–Crippen LogP) is 4.95. The van der Waals surface area contributed by atoms with Crippen LogP contribution in [0.15, 0.2) is 77.3 Å². The van der Waals surface area contributed by atoms with Gasteiger partial charge in [-0.05, 0) is 35.9 Å². The summed E-state index contributed by atoms with van der Waals surface area (Å²) in [5.74, 6) is -1.44. The standard InChI is InChI=1S/C23H16BrClN2O3/c24-15-10-11-19(18(25)13-15)26-21(28)20(12-14-6-2-1-3-7-14)27-22(29)16-8-4-5-9-17(16)23(27)30/h1-11,13,20H,12H2,(H,26,28). The van der Waals surface area contributed by atoms with Gasteiger partial charge in [0.2, 0.25) is 5.91 Å². The number of nitrogens with one attached hydrogen (secondary N) is 1. The van der Waals surface area contributed by atoms with Crippen molar-refractivity contribution in [1.29, 1.82) is 0 Å². The van der Waals surface area contributed by atoms with Gasteiger partial charge in [0.1, 0.15) is 6.04 Å². The van der Waals surface area contributed by atoms with Crippen LogP contribution in [0.25, 0.3) is 0 Å². The van der Waals surface area contributed by atoms with Crippen molar-refractivity contribution in [3.63, 3.8) is 0 Å². The third-order valence-corrected chi connectivity index (χ3v) is 5.71. The first-order valence-electron chi connectivity index (χ1n) is 9.22. The fourth-order valence-corrected chi connectivity index (χ4v) is 4.16. The van der Waals surface area contributed by atoms with Crippen molar-refractivity contribution in [3.05, 3.63) is 99.0 Å². The number of anilines is 1. The first kappa shape index (κ1) is 20.3. The number of fused-ring (bicyclic) bond motifs is 1. The second kappa shape index (κ2) is 8.42. The van der Waals surface area contributed by atoms with E-state index in [1.807, 2.05) is 30.3 Å². The van der Waals surface area contributed by atoms with E-state index < -0.39 is 23.8 Å². The van der Waals surface area contributed by atoms with Crippen LogP contribution >= 0.6 is 27.5 Å². The number of hydrogen-bond donors (Lipinski definition) is 1. The summed E-state index contributed by atoms with van der Waals surface area (Å²) in [7, 11) is 0. The van der Waals surface area contributed by atoms with E-state index in [0.29, 0.717) is 21.8 Å². The van der Waals surface area contributed by atoms with E-state index in [4.69, 9.17) is 11.6 Å². The number of benzene rings is 3. The summed E-state index contributed by atoms with van der Waals surface area (Å²) >= 11 is 9.56. The van der Waals surface area contributed by atoms with Gasteiger partial charge in [0.25, 0.3) is 11.8 Å². The van der Waals surface area contributed by atoms with Crippen molar-refractivity contribution < 1.29 is 14.4 Å². The molecule has 0 saturated heterocycles. The van der Waals surface area contributed by atoms with Crippen LogP contribution in [0.1, 0.15) is 26.3 Å². The van der Waals surface area contributed by atoms with Gasteiger partial charge in [0.05, 0.1) is 21.8 Å². The quantitative estimate of drug-likeness (QED) is 0.522. The number of imide groups is 1. The Morgan fingerprint density at radius 1 is 0.933 bits per heavy atom. The van der Waals surface area contributed by atoms with Crippen LogP contribution in [-0.2, 0) is 11.2 Å². The third kappa shape index (κ3) is 3.88. The van der Waals surface area contributed by atoms with Gasteiger partial charge in [-0.3, -0.25) is 19.3 Å². The number of nitrogens with zero attached hydrogens (tertiary/aromatic N) is 1. The summed E-state index contributed by atoms with van der Waals surface area (Å²) in [5, 5.41) is 3.11. The number of hydrogen-bond acceptors (Lipinski definition) is 3. The molecular weight excluding hydrogens is 468 g/mol. The van der Waals surface area contributed by atoms with Gasteiger partial charge in [-0.15, -0.1) is 0 Å². The van der Waals surface area contributed by atoms with Gasteiger partial charge < -0.3 is 5.32 Å². The number of carbonyl (C=O) groups is 3. The Labute approximate surface area is 186 Å². The summed E-state index contributed by atoms with van der Waals surface area (Å²) in [5.41, 5.74) is 1.83. The molecule has 0 aromatic heterocycles. The average Bonchev–Trinajstić information content (AvgIpc) is 3.00. The molecular formula is C23H16BrClN2O3. The Hall–Kier alpha value is -2.96. The fraction of sp³-hybridized carbons (Fsp3) is 0.0870. The summed E-state index contributed by atoms with van der Waals surface area (Å²) in [6, 6.07) is 19.9. The van der Waals surface area contributed by atoms with Gasteiger partial charge in [-0.2, -0.15) is 0 Å². The Morgan fingerprint density at radius 2 is 1.53 bits per heavy atom. The molecule has 1 aliphatic rings. The topological polar surface area (TPSA) is 66.5 Å². The highest BCUT2D eigenvalue weighted by atomic mass is 79.9. The zero-order chi connectivity index (χ0) is 21.3. The minimum Gasteiger partial charge on any atom is -0.323 e. The van der Waals surface area contributed by atoms with Crippen LogP contribution in [0.4, 0.5) is 5.69 Å². The maximum absolute atomic E-state index is 13.3. The third-order valence-electron chi connectivity index (χ3n) is 4.90. The largest absolute Gasteiger partial charge is 0.323 e.